The highest BCUT2D eigenvalue weighted by atomic mass is 35.5. The number of benzene rings is 3. The fraction of sp³-hybridized carbons (Fsp3) is 0.111. The van der Waals surface area contributed by atoms with E-state index in [1.165, 1.54) is 54.6 Å². The lowest BCUT2D eigenvalue weighted by molar-refractivity contribution is 0.420. The zero-order chi connectivity index (χ0) is 28.0. The highest BCUT2D eigenvalue weighted by molar-refractivity contribution is 7.87. The van der Waals surface area contributed by atoms with Crippen LogP contribution in [0.2, 0.25) is 0 Å². The van der Waals surface area contributed by atoms with Crippen molar-refractivity contribution >= 4 is 43.2 Å². The number of para-hydroxylation sites is 2. The van der Waals surface area contributed by atoms with Crippen molar-refractivity contribution in [3.05, 3.63) is 115 Å². The standard InChI is InChI=1S/C27H27ClN2O6S2/c1-3-9-21(35-37(31,32)25-13-6-4-11-23(25)29)10-8-19-27(2,28)20-15-17-22(18-16-20)36-38(33,34)26-14-7-5-12-24(26)30/h3-18H,1,19,29-30H2,2H3/b10-8-,21-9+. The van der Waals surface area contributed by atoms with Gasteiger partial charge >= 0.3 is 20.2 Å². The Bertz CT molecular complexity index is 1580. The maximum Gasteiger partial charge on any atom is 0.341 e. The average Bonchev–Trinajstić information content (AvgIpc) is 2.84. The van der Waals surface area contributed by atoms with Gasteiger partial charge in [-0.15, -0.1) is 11.6 Å². The SMILES string of the molecule is C=C/C=C(\C=C/CC(C)(Cl)c1ccc(OS(=O)(=O)c2ccccc2N)cc1)OS(=O)(=O)c1ccccc1N. The molecule has 0 saturated carbocycles. The van der Waals surface area contributed by atoms with Crippen LogP contribution in [0.15, 0.2) is 119 Å². The third-order valence-corrected chi connectivity index (χ3v) is 8.33. The minimum absolute atomic E-state index is 0.0184. The van der Waals surface area contributed by atoms with E-state index in [1.807, 2.05) is 0 Å². The van der Waals surface area contributed by atoms with Crippen LogP contribution in [0, 0.1) is 0 Å². The molecule has 3 aromatic carbocycles. The minimum Gasteiger partial charge on any atom is -0.398 e. The number of nitrogens with two attached hydrogens (primary N) is 2. The topological polar surface area (TPSA) is 139 Å². The van der Waals surface area contributed by atoms with Crippen LogP contribution in [-0.4, -0.2) is 16.8 Å². The molecule has 1 atom stereocenters. The van der Waals surface area contributed by atoms with Crippen LogP contribution in [-0.2, 0) is 29.3 Å². The first-order valence-electron chi connectivity index (χ1n) is 11.2. The second-order valence-corrected chi connectivity index (χ2v) is 12.1. The van der Waals surface area contributed by atoms with E-state index in [0.29, 0.717) is 5.56 Å². The zero-order valence-corrected chi connectivity index (χ0v) is 22.8. The van der Waals surface area contributed by atoms with Gasteiger partial charge in [0.25, 0.3) is 0 Å². The van der Waals surface area contributed by atoms with Crippen molar-refractivity contribution in [2.24, 2.45) is 0 Å². The Morgan fingerprint density at radius 2 is 1.42 bits per heavy atom. The summed E-state index contributed by atoms with van der Waals surface area (Å²) in [5.74, 6) is 0.111. The molecule has 1 unspecified atom stereocenters. The molecule has 0 fully saturated rings. The maximum absolute atomic E-state index is 12.7. The van der Waals surface area contributed by atoms with Gasteiger partial charge in [0.1, 0.15) is 21.3 Å². The lowest BCUT2D eigenvalue weighted by atomic mass is 9.96. The van der Waals surface area contributed by atoms with E-state index < -0.39 is 25.1 Å². The lowest BCUT2D eigenvalue weighted by Crippen LogP contribution is -2.14. The fourth-order valence-corrected chi connectivity index (χ4v) is 5.69. The summed E-state index contributed by atoms with van der Waals surface area (Å²) < 4.78 is 60.9. The van der Waals surface area contributed by atoms with E-state index in [0.717, 1.165) is 0 Å². The summed E-state index contributed by atoms with van der Waals surface area (Å²) in [6.07, 6.45) is 6.18. The molecular weight excluding hydrogens is 548 g/mol. The van der Waals surface area contributed by atoms with Crippen molar-refractivity contribution in [1.82, 2.24) is 0 Å². The second-order valence-electron chi connectivity index (χ2n) is 8.28. The molecule has 0 saturated heterocycles. The number of hydrogen-bond acceptors (Lipinski definition) is 8. The van der Waals surface area contributed by atoms with Crippen molar-refractivity contribution in [3.8, 4) is 5.75 Å². The summed E-state index contributed by atoms with van der Waals surface area (Å²) in [4.78, 5) is -1.19. The molecule has 0 aliphatic rings. The molecule has 11 heteroatoms. The van der Waals surface area contributed by atoms with Gasteiger partial charge in [-0.05, 0) is 67.5 Å². The molecule has 0 heterocycles. The van der Waals surface area contributed by atoms with Crippen LogP contribution in [0.25, 0.3) is 0 Å². The number of alkyl halides is 1. The zero-order valence-electron chi connectivity index (χ0n) is 20.5. The summed E-state index contributed by atoms with van der Waals surface area (Å²) in [5, 5.41) is 0. The van der Waals surface area contributed by atoms with E-state index in [9.17, 15) is 16.8 Å². The van der Waals surface area contributed by atoms with Gasteiger partial charge < -0.3 is 19.8 Å². The Kier molecular flexibility index (Phi) is 8.93. The smallest absolute Gasteiger partial charge is 0.341 e. The molecule has 4 N–H and O–H groups in total. The summed E-state index contributed by atoms with van der Waals surface area (Å²) in [6, 6.07) is 18.2. The van der Waals surface area contributed by atoms with Gasteiger partial charge in [-0.2, -0.15) is 16.8 Å². The largest absolute Gasteiger partial charge is 0.398 e. The van der Waals surface area contributed by atoms with Gasteiger partial charge in [0, 0.05) is 0 Å². The lowest BCUT2D eigenvalue weighted by Gasteiger charge is -2.21. The highest BCUT2D eigenvalue weighted by Gasteiger charge is 2.24. The predicted molar refractivity (Wildman–Crippen MR) is 149 cm³/mol. The molecule has 0 amide bonds. The van der Waals surface area contributed by atoms with Gasteiger partial charge in [-0.25, -0.2) is 0 Å². The van der Waals surface area contributed by atoms with Gasteiger partial charge in [0.05, 0.1) is 16.2 Å². The summed E-state index contributed by atoms with van der Waals surface area (Å²) in [5.41, 5.74) is 12.4. The van der Waals surface area contributed by atoms with Crippen molar-refractivity contribution in [2.45, 2.75) is 28.0 Å². The molecule has 0 radical (unpaired) electrons. The van der Waals surface area contributed by atoms with Crippen molar-refractivity contribution < 1.29 is 25.2 Å². The molecule has 0 aliphatic carbocycles. The molecule has 3 rings (SSSR count). The van der Waals surface area contributed by atoms with Crippen LogP contribution >= 0.6 is 11.6 Å². The molecule has 38 heavy (non-hydrogen) atoms. The molecule has 0 aliphatic heterocycles. The molecule has 0 bridgehead atoms. The number of halogens is 1. The van der Waals surface area contributed by atoms with Gasteiger partial charge in [0.2, 0.25) is 0 Å². The van der Waals surface area contributed by atoms with Gasteiger partial charge in [-0.1, -0.05) is 55.1 Å². The van der Waals surface area contributed by atoms with Crippen LogP contribution in [0.1, 0.15) is 18.9 Å². The Morgan fingerprint density at radius 1 is 0.895 bits per heavy atom. The fourth-order valence-electron chi connectivity index (χ4n) is 3.36. The first-order chi connectivity index (χ1) is 17.9. The predicted octanol–water partition coefficient (Wildman–Crippen LogP) is 5.49. The summed E-state index contributed by atoms with van der Waals surface area (Å²) in [6.45, 7) is 5.34. The molecule has 0 spiro atoms. The van der Waals surface area contributed by atoms with Crippen LogP contribution in [0.3, 0.4) is 0 Å². The normalized spacial score (nSPS) is 14.1. The van der Waals surface area contributed by atoms with Crippen molar-refractivity contribution in [2.75, 3.05) is 11.5 Å². The number of rotatable bonds is 11. The van der Waals surface area contributed by atoms with E-state index in [2.05, 4.69) is 6.58 Å². The van der Waals surface area contributed by atoms with E-state index in [1.54, 1.807) is 49.4 Å². The first-order valence-corrected chi connectivity index (χ1v) is 14.4. The number of allylic oxidation sites excluding steroid dienone is 4. The summed E-state index contributed by atoms with van der Waals surface area (Å²) >= 11 is 6.73. The first kappa shape index (κ1) is 28.8. The minimum atomic E-state index is -4.17. The van der Waals surface area contributed by atoms with E-state index in [-0.39, 0.29) is 39.1 Å². The molecule has 8 nitrogen and oxygen atoms in total. The summed E-state index contributed by atoms with van der Waals surface area (Å²) in [7, 11) is -8.28. The van der Waals surface area contributed by atoms with Gasteiger partial charge in [0.15, 0.2) is 0 Å². The number of nitrogen functional groups attached to an aromatic ring is 2. The Morgan fingerprint density at radius 3 is 1.95 bits per heavy atom. The number of hydrogen-bond donors (Lipinski definition) is 2. The van der Waals surface area contributed by atoms with Crippen molar-refractivity contribution in [1.29, 1.82) is 0 Å². The van der Waals surface area contributed by atoms with Crippen LogP contribution in [0.4, 0.5) is 11.4 Å². The quantitative estimate of drug-likeness (QED) is 0.101. The average molecular weight is 575 g/mol. The maximum atomic E-state index is 12.7. The van der Waals surface area contributed by atoms with E-state index >= 15 is 0 Å². The molecule has 3 aromatic rings. The van der Waals surface area contributed by atoms with Crippen LogP contribution < -0.4 is 15.7 Å². The van der Waals surface area contributed by atoms with Crippen LogP contribution in [0.5, 0.6) is 5.75 Å². The highest BCUT2D eigenvalue weighted by Crippen LogP contribution is 2.34. The monoisotopic (exact) mass is 574 g/mol. The molecular formula is C27H27ClN2O6S2. The Labute approximate surface area is 228 Å². The Hall–Kier alpha value is -3.73. The second kappa shape index (κ2) is 11.8. The molecule has 0 aromatic heterocycles. The third-order valence-electron chi connectivity index (χ3n) is 5.31. The third kappa shape index (κ3) is 7.18. The van der Waals surface area contributed by atoms with Crippen molar-refractivity contribution in [3.63, 3.8) is 0 Å². The molecule has 200 valence electrons. The van der Waals surface area contributed by atoms with E-state index in [4.69, 9.17) is 31.4 Å². The Balaban J connectivity index is 1.71. The van der Waals surface area contributed by atoms with Gasteiger partial charge in [-0.3, -0.25) is 0 Å². The number of anilines is 2.